The van der Waals surface area contributed by atoms with Gasteiger partial charge in [-0.05, 0) is 36.7 Å². The van der Waals surface area contributed by atoms with Gasteiger partial charge in [0.2, 0.25) is 0 Å². The molecule has 2 fully saturated rings. The fourth-order valence-electron chi connectivity index (χ4n) is 3.54. The first kappa shape index (κ1) is 14.2. The third-order valence-electron chi connectivity index (χ3n) is 5.41. The second kappa shape index (κ2) is 6.02. The Hall–Kier alpha value is -1.38. The molecule has 0 bridgehead atoms. The summed E-state index contributed by atoms with van der Waals surface area (Å²) in [6.45, 7) is 3.41. The van der Waals surface area contributed by atoms with Crippen molar-refractivity contribution in [1.82, 2.24) is 10.6 Å². The Morgan fingerprint density at radius 1 is 1.09 bits per heavy atom. The van der Waals surface area contributed by atoms with Crippen molar-refractivity contribution in [2.75, 3.05) is 19.6 Å². The van der Waals surface area contributed by atoms with Gasteiger partial charge in [-0.3, -0.25) is 0 Å². The molecular formula is C20H26N2. The Morgan fingerprint density at radius 2 is 1.95 bits per heavy atom. The molecule has 3 aliphatic carbocycles. The second-order valence-corrected chi connectivity index (χ2v) is 7.30. The first-order chi connectivity index (χ1) is 10.8. The predicted octanol–water partition coefficient (Wildman–Crippen LogP) is 3.39. The van der Waals surface area contributed by atoms with Crippen LogP contribution in [-0.2, 0) is 0 Å². The van der Waals surface area contributed by atoms with Crippen LogP contribution in [0.2, 0.25) is 0 Å². The minimum Gasteiger partial charge on any atom is -0.313 e. The normalized spacial score (nSPS) is 27.7. The minimum atomic E-state index is 0.538. The van der Waals surface area contributed by atoms with E-state index in [4.69, 9.17) is 0 Å². The molecule has 0 aliphatic heterocycles. The van der Waals surface area contributed by atoms with Gasteiger partial charge < -0.3 is 10.6 Å². The molecule has 22 heavy (non-hydrogen) atoms. The molecule has 2 nitrogen and oxygen atoms in total. The summed E-state index contributed by atoms with van der Waals surface area (Å²) in [5.41, 5.74) is 3.56. The third kappa shape index (κ3) is 3.34. The SMILES string of the molecule is C1=CCC(CNCC2(CN[C@H]3CC3c3ccccc3)CC2)=C1. The van der Waals surface area contributed by atoms with Crippen LogP contribution in [-0.4, -0.2) is 25.7 Å². The van der Waals surface area contributed by atoms with E-state index in [9.17, 15) is 0 Å². The van der Waals surface area contributed by atoms with Crippen molar-refractivity contribution in [1.29, 1.82) is 0 Å². The monoisotopic (exact) mass is 294 g/mol. The number of benzene rings is 1. The molecule has 2 N–H and O–H groups in total. The van der Waals surface area contributed by atoms with Crippen LogP contribution in [0.4, 0.5) is 0 Å². The Morgan fingerprint density at radius 3 is 2.68 bits per heavy atom. The van der Waals surface area contributed by atoms with Crippen molar-refractivity contribution in [2.24, 2.45) is 5.41 Å². The van der Waals surface area contributed by atoms with Crippen LogP contribution < -0.4 is 10.6 Å². The Labute approximate surface area is 133 Å². The second-order valence-electron chi connectivity index (χ2n) is 7.30. The summed E-state index contributed by atoms with van der Waals surface area (Å²) in [5.74, 6) is 0.750. The van der Waals surface area contributed by atoms with E-state index >= 15 is 0 Å². The molecule has 0 aromatic heterocycles. The molecule has 1 unspecified atom stereocenters. The maximum absolute atomic E-state index is 3.82. The van der Waals surface area contributed by atoms with Crippen molar-refractivity contribution in [2.45, 2.75) is 37.6 Å². The first-order valence-electron chi connectivity index (χ1n) is 8.68. The molecule has 3 aliphatic rings. The quantitative estimate of drug-likeness (QED) is 0.768. The van der Waals surface area contributed by atoms with Crippen LogP contribution in [0.5, 0.6) is 0 Å². The lowest BCUT2D eigenvalue weighted by Crippen LogP contribution is -2.34. The fourth-order valence-corrected chi connectivity index (χ4v) is 3.54. The summed E-state index contributed by atoms with van der Waals surface area (Å²) in [4.78, 5) is 0. The molecule has 0 radical (unpaired) electrons. The number of allylic oxidation sites excluding steroid dienone is 3. The van der Waals surface area contributed by atoms with Crippen LogP contribution in [0.25, 0.3) is 0 Å². The lowest BCUT2D eigenvalue weighted by molar-refractivity contribution is 0.427. The lowest BCUT2D eigenvalue weighted by atomic mass is 10.1. The number of rotatable bonds is 8. The molecule has 2 heteroatoms. The van der Waals surface area contributed by atoms with E-state index in [0.29, 0.717) is 11.5 Å². The smallest absolute Gasteiger partial charge is 0.0171 e. The summed E-state index contributed by atoms with van der Waals surface area (Å²) in [6.07, 6.45) is 11.9. The molecule has 1 aromatic carbocycles. The number of nitrogens with one attached hydrogen (secondary N) is 2. The van der Waals surface area contributed by atoms with Gasteiger partial charge in [0.15, 0.2) is 0 Å². The van der Waals surface area contributed by atoms with Gasteiger partial charge in [0.25, 0.3) is 0 Å². The van der Waals surface area contributed by atoms with E-state index in [2.05, 4.69) is 59.2 Å². The number of hydrogen-bond donors (Lipinski definition) is 2. The molecule has 116 valence electrons. The van der Waals surface area contributed by atoms with Crippen molar-refractivity contribution in [3.05, 3.63) is 59.7 Å². The van der Waals surface area contributed by atoms with E-state index in [1.807, 2.05) is 0 Å². The van der Waals surface area contributed by atoms with Crippen LogP contribution >= 0.6 is 0 Å². The van der Waals surface area contributed by atoms with E-state index in [-0.39, 0.29) is 0 Å². The van der Waals surface area contributed by atoms with Gasteiger partial charge in [0, 0.05) is 31.6 Å². The Kier molecular flexibility index (Phi) is 3.89. The highest BCUT2D eigenvalue weighted by atomic mass is 15.0. The minimum absolute atomic E-state index is 0.538. The first-order valence-corrected chi connectivity index (χ1v) is 8.68. The van der Waals surface area contributed by atoms with Crippen LogP contribution in [0, 0.1) is 5.41 Å². The van der Waals surface area contributed by atoms with Crippen molar-refractivity contribution in [3.63, 3.8) is 0 Å². The topological polar surface area (TPSA) is 24.1 Å². The maximum atomic E-state index is 3.82. The van der Waals surface area contributed by atoms with Gasteiger partial charge in [0.05, 0.1) is 0 Å². The highest BCUT2D eigenvalue weighted by Crippen LogP contribution is 2.46. The molecular weight excluding hydrogens is 268 g/mol. The summed E-state index contributed by atoms with van der Waals surface area (Å²) in [7, 11) is 0. The molecule has 0 heterocycles. The maximum Gasteiger partial charge on any atom is 0.0171 e. The predicted molar refractivity (Wildman–Crippen MR) is 92.0 cm³/mol. The van der Waals surface area contributed by atoms with E-state index in [0.717, 1.165) is 18.9 Å². The van der Waals surface area contributed by atoms with Crippen LogP contribution in [0.3, 0.4) is 0 Å². The molecule has 4 rings (SSSR count). The van der Waals surface area contributed by atoms with Crippen LogP contribution in [0.15, 0.2) is 54.1 Å². The Balaban J connectivity index is 1.18. The van der Waals surface area contributed by atoms with Crippen molar-refractivity contribution in [3.8, 4) is 0 Å². The van der Waals surface area contributed by atoms with Gasteiger partial charge in [-0.2, -0.15) is 0 Å². The average molecular weight is 294 g/mol. The zero-order chi connectivity index (χ0) is 14.8. The molecule has 0 spiro atoms. The highest BCUT2D eigenvalue weighted by Gasteiger charge is 2.45. The lowest BCUT2D eigenvalue weighted by Gasteiger charge is -2.17. The van der Waals surface area contributed by atoms with Gasteiger partial charge >= 0.3 is 0 Å². The molecule has 0 amide bonds. The van der Waals surface area contributed by atoms with Crippen LogP contribution in [0.1, 0.15) is 37.2 Å². The van der Waals surface area contributed by atoms with Crippen molar-refractivity contribution < 1.29 is 0 Å². The Bertz CT molecular complexity index is 569. The van der Waals surface area contributed by atoms with Gasteiger partial charge in [-0.1, -0.05) is 54.1 Å². The third-order valence-corrected chi connectivity index (χ3v) is 5.41. The zero-order valence-electron chi connectivity index (χ0n) is 13.2. The number of hydrogen-bond acceptors (Lipinski definition) is 2. The van der Waals surface area contributed by atoms with E-state index in [1.54, 1.807) is 0 Å². The van der Waals surface area contributed by atoms with E-state index in [1.165, 1.54) is 43.5 Å². The summed E-state index contributed by atoms with van der Waals surface area (Å²) in [6, 6.07) is 11.7. The highest BCUT2D eigenvalue weighted by molar-refractivity contribution is 5.28. The largest absolute Gasteiger partial charge is 0.313 e. The summed E-state index contributed by atoms with van der Waals surface area (Å²) >= 11 is 0. The van der Waals surface area contributed by atoms with Gasteiger partial charge in [-0.15, -0.1) is 0 Å². The van der Waals surface area contributed by atoms with Crippen molar-refractivity contribution >= 4 is 0 Å². The van der Waals surface area contributed by atoms with E-state index < -0.39 is 0 Å². The van der Waals surface area contributed by atoms with Gasteiger partial charge in [0.1, 0.15) is 0 Å². The van der Waals surface area contributed by atoms with Gasteiger partial charge in [-0.25, -0.2) is 0 Å². The molecule has 0 saturated heterocycles. The standard InChI is InChI=1S/C20H26N2/c1-2-8-17(9-3-1)18-12-19(18)22-15-20(10-11-20)14-21-13-16-6-4-5-7-16/h1-6,8-9,18-19,21-22H,7,10-15H2/t18?,19-/m0/s1. The fraction of sp³-hybridized carbons (Fsp3) is 0.500. The summed E-state index contributed by atoms with van der Waals surface area (Å²) < 4.78 is 0. The molecule has 2 saturated carbocycles. The molecule has 2 atom stereocenters. The molecule has 1 aromatic rings. The zero-order valence-corrected chi connectivity index (χ0v) is 13.2. The summed E-state index contributed by atoms with van der Waals surface area (Å²) in [5, 5.41) is 7.49. The average Bonchev–Trinajstić information content (AvgIpc) is 3.45.